The van der Waals surface area contributed by atoms with Gasteiger partial charge in [0.2, 0.25) is 6.79 Å². The van der Waals surface area contributed by atoms with E-state index in [2.05, 4.69) is 33.8 Å². The van der Waals surface area contributed by atoms with Gasteiger partial charge in [-0.25, -0.2) is 0 Å². The molecule has 0 unspecified atom stereocenters. The molecular weight excluding hydrogens is 310 g/mol. The first-order chi connectivity index (χ1) is 11.4. The fourth-order valence-electron chi connectivity index (χ4n) is 2.52. The summed E-state index contributed by atoms with van der Waals surface area (Å²) in [7, 11) is 0. The summed E-state index contributed by atoms with van der Waals surface area (Å²) in [6, 6.07) is 16.0. The summed E-state index contributed by atoms with van der Waals surface area (Å²) in [5, 5.41) is 9.64. The number of aromatic nitrogens is 3. The Balaban J connectivity index is 1.86. The summed E-state index contributed by atoms with van der Waals surface area (Å²) in [5.74, 6) is 3.24. The van der Waals surface area contributed by atoms with Gasteiger partial charge in [-0.15, -0.1) is 10.2 Å². The van der Waals surface area contributed by atoms with Gasteiger partial charge in [0.25, 0.3) is 0 Å². The van der Waals surface area contributed by atoms with Crippen molar-refractivity contribution >= 4 is 11.8 Å². The Kier molecular flexibility index (Phi) is 3.67. The van der Waals surface area contributed by atoms with Crippen LogP contribution in [0.15, 0.2) is 53.7 Å². The molecule has 1 aliphatic heterocycles. The number of rotatable bonds is 4. The number of benzene rings is 2. The maximum absolute atomic E-state index is 5.48. The number of thioether (sulfide) groups is 1. The van der Waals surface area contributed by atoms with Crippen LogP contribution < -0.4 is 9.47 Å². The van der Waals surface area contributed by atoms with Crippen LogP contribution in [0.3, 0.4) is 0 Å². The lowest BCUT2D eigenvalue weighted by Gasteiger charge is -2.10. The van der Waals surface area contributed by atoms with E-state index in [1.807, 2.05) is 36.4 Å². The summed E-state index contributed by atoms with van der Waals surface area (Å²) in [5.41, 5.74) is 2.00. The molecule has 3 aromatic rings. The minimum atomic E-state index is 0.265. The third-order valence-electron chi connectivity index (χ3n) is 3.55. The lowest BCUT2D eigenvalue weighted by Crippen LogP contribution is -1.99. The molecular formula is C17H15N3O2S. The van der Waals surface area contributed by atoms with Crippen molar-refractivity contribution in [2.24, 2.45) is 0 Å². The Morgan fingerprint density at radius 3 is 2.70 bits per heavy atom. The molecule has 23 heavy (non-hydrogen) atoms. The molecule has 1 aromatic heterocycles. The van der Waals surface area contributed by atoms with E-state index in [1.54, 1.807) is 11.8 Å². The van der Waals surface area contributed by atoms with E-state index in [1.165, 1.54) is 0 Å². The summed E-state index contributed by atoms with van der Waals surface area (Å²) in [6.07, 6.45) is 0. The Labute approximate surface area is 138 Å². The Bertz CT molecular complexity index is 833. The van der Waals surface area contributed by atoms with E-state index in [0.29, 0.717) is 0 Å². The molecule has 0 atom stereocenters. The van der Waals surface area contributed by atoms with E-state index < -0.39 is 0 Å². The second-order valence-electron chi connectivity index (χ2n) is 4.98. The van der Waals surface area contributed by atoms with Crippen molar-refractivity contribution in [3.63, 3.8) is 0 Å². The number of fused-ring (bicyclic) bond motifs is 1. The molecule has 2 aromatic carbocycles. The monoisotopic (exact) mass is 325 g/mol. The van der Waals surface area contributed by atoms with Crippen LogP contribution in [0, 0.1) is 0 Å². The van der Waals surface area contributed by atoms with Gasteiger partial charge in [-0.3, -0.25) is 4.57 Å². The Hall–Kier alpha value is -2.47. The average molecular weight is 325 g/mol. The Morgan fingerprint density at radius 1 is 1.04 bits per heavy atom. The molecule has 5 nitrogen and oxygen atoms in total. The molecule has 0 fully saturated rings. The van der Waals surface area contributed by atoms with Crippen molar-refractivity contribution in [1.29, 1.82) is 0 Å². The van der Waals surface area contributed by atoms with E-state index in [9.17, 15) is 0 Å². The second kappa shape index (κ2) is 5.96. The normalized spacial score (nSPS) is 12.6. The third kappa shape index (κ3) is 2.55. The van der Waals surface area contributed by atoms with Gasteiger partial charge in [0.15, 0.2) is 22.5 Å². The number of hydrogen-bond donors (Lipinski definition) is 0. The summed E-state index contributed by atoms with van der Waals surface area (Å²) < 4.78 is 12.9. The van der Waals surface area contributed by atoms with Crippen LogP contribution in [0.5, 0.6) is 11.5 Å². The minimum Gasteiger partial charge on any atom is -0.454 e. The zero-order chi connectivity index (χ0) is 15.6. The number of hydrogen-bond acceptors (Lipinski definition) is 5. The van der Waals surface area contributed by atoms with Gasteiger partial charge >= 0.3 is 0 Å². The minimum absolute atomic E-state index is 0.265. The van der Waals surface area contributed by atoms with Crippen molar-refractivity contribution in [2.75, 3.05) is 12.5 Å². The lowest BCUT2D eigenvalue weighted by molar-refractivity contribution is 0.174. The van der Waals surface area contributed by atoms with E-state index in [-0.39, 0.29) is 6.79 Å². The van der Waals surface area contributed by atoms with Crippen LogP contribution in [-0.2, 0) is 0 Å². The van der Waals surface area contributed by atoms with Crippen LogP contribution in [0.25, 0.3) is 17.1 Å². The summed E-state index contributed by atoms with van der Waals surface area (Å²) >= 11 is 1.67. The topological polar surface area (TPSA) is 49.2 Å². The first kappa shape index (κ1) is 14.1. The largest absolute Gasteiger partial charge is 0.454 e. The van der Waals surface area contributed by atoms with Crippen LogP contribution in [0.1, 0.15) is 6.92 Å². The van der Waals surface area contributed by atoms with Crippen LogP contribution >= 0.6 is 11.8 Å². The highest BCUT2D eigenvalue weighted by molar-refractivity contribution is 7.99. The number of para-hydroxylation sites is 1. The highest BCUT2D eigenvalue weighted by Gasteiger charge is 2.19. The summed E-state index contributed by atoms with van der Waals surface area (Å²) in [4.78, 5) is 0. The quantitative estimate of drug-likeness (QED) is 0.683. The van der Waals surface area contributed by atoms with E-state index >= 15 is 0 Å². The maximum atomic E-state index is 5.48. The number of ether oxygens (including phenoxy) is 2. The first-order valence-electron chi connectivity index (χ1n) is 7.40. The Morgan fingerprint density at radius 2 is 1.87 bits per heavy atom. The van der Waals surface area contributed by atoms with Crippen molar-refractivity contribution in [3.05, 3.63) is 48.5 Å². The highest BCUT2D eigenvalue weighted by Crippen LogP contribution is 2.36. The third-order valence-corrected chi connectivity index (χ3v) is 4.36. The van der Waals surface area contributed by atoms with Crippen molar-refractivity contribution in [2.45, 2.75) is 12.1 Å². The fourth-order valence-corrected chi connectivity index (χ4v) is 3.20. The zero-order valence-corrected chi connectivity index (χ0v) is 13.4. The molecule has 4 rings (SSSR count). The molecule has 0 bridgehead atoms. The molecule has 0 N–H and O–H groups in total. The molecule has 116 valence electrons. The molecule has 2 heterocycles. The number of nitrogens with zero attached hydrogens (tertiary/aromatic N) is 3. The molecule has 6 heteroatoms. The standard InChI is InChI=1S/C17H15N3O2S/c1-2-23-17-19-18-16(20(17)13-6-4-3-5-7-13)12-8-9-14-15(10-12)22-11-21-14/h3-10H,2,11H2,1H3. The van der Waals surface area contributed by atoms with Crippen molar-refractivity contribution < 1.29 is 9.47 Å². The molecule has 0 amide bonds. The smallest absolute Gasteiger partial charge is 0.231 e. The average Bonchev–Trinajstić information content (AvgIpc) is 3.22. The highest BCUT2D eigenvalue weighted by atomic mass is 32.2. The van der Waals surface area contributed by atoms with Crippen LogP contribution in [0.2, 0.25) is 0 Å². The van der Waals surface area contributed by atoms with Crippen molar-refractivity contribution in [3.8, 4) is 28.6 Å². The van der Waals surface area contributed by atoms with Gasteiger partial charge in [0, 0.05) is 11.3 Å². The van der Waals surface area contributed by atoms with Gasteiger partial charge in [-0.05, 0) is 36.1 Å². The van der Waals surface area contributed by atoms with Crippen LogP contribution in [0.4, 0.5) is 0 Å². The molecule has 1 aliphatic rings. The molecule has 0 spiro atoms. The lowest BCUT2D eigenvalue weighted by atomic mass is 10.2. The van der Waals surface area contributed by atoms with Gasteiger partial charge < -0.3 is 9.47 Å². The van der Waals surface area contributed by atoms with Gasteiger partial charge in [0.1, 0.15) is 0 Å². The maximum Gasteiger partial charge on any atom is 0.231 e. The molecule has 0 saturated heterocycles. The van der Waals surface area contributed by atoms with Gasteiger partial charge in [0.05, 0.1) is 0 Å². The fraction of sp³-hybridized carbons (Fsp3) is 0.176. The first-order valence-corrected chi connectivity index (χ1v) is 8.39. The second-order valence-corrected chi connectivity index (χ2v) is 6.21. The molecule has 0 radical (unpaired) electrons. The van der Waals surface area contributed by atoms with Crippen LogP contribution in [-0.4, -0.2) is 27.3 Å². The molecule has 0 aliphatic carbocycles. The predicted molar refractivity (Wildman–Crippen MR) is 89.3 cm³/mol. The SMILES string of the molecule is CCSc1nnc(-c2ccc3c(c2)OCO3)n1-c1ccccc1. The summed E-state index contributed by atoms with van der Waals surface area (Å²) in [6.45, 7) is 2.37. The van der Waals surface area contributed by atoms with Crippen molar-refractivity contribution in [1.82, 2.24) is 14.8 Å². The zero-order valence-electron chi connectivity index (χ0n) is 12.6. The predicted octanol–water partition coefficient (Wildman–Crippen LogP) is 3.78. The molecule has 0 saturated carbocycles. The van der Waals surface area contributed by atoms with Gasteiger partial charge in [-0.1, -0.05) is 36.9 Å². The van der Waals surface area contributed by atoms with Gasteiger partial charge in [-0.2, -0.15) is 0 Å². The van der Waals surface area contributed by atoms with E-state index in [4.69, 9.17) is 9.47 Å². The van der Waals surface area contributed by atoms with E-state index in [0.717, 1.165) is 39.5 Å².